The Morgan fingerprint density at radius 2 is 2.36 bits per heavy atom. The molecule has 0 aliphatic heterocycles. The molecule has 0 saturated heterocycles. The zero-order chi connectivity index (χ0) is 10.4. The molecule has 1 aromatic heterocycles. The van der Waals surface area contributed by atoms with Gasteiger partial charge in [-0.3, -0.25) is 9.78 Å². The van der Waals surface area contributed by atoms with Crippen molar-refractivity contribution in [1.82, 2.24) is 10.3 Å². The number of aliphatic hydroxyl groups is 1. The lowest BCUT2D eigenvalue weighted by Crippen LogP contribution is -2.25. The first-order chi connectivity index (χ1) is 6.74. The monoisotopic (exact) mass is 194 g/mol. The second-order valence-corrected chi connectivity index (χ2v) is 3.05. The van der Waals surface area contributed by atoms with E-state index in [-0.39, 0.29) is 12.5 Å². The topological polar surface area (TPSA) is 62.2 Å². The highest BCUT2D eigenvalue weighted by atomic mass is 16.3. The summed E-state index contributed by atoms with van der Waals surface area (Å²) in [6.07, 6.45) is 2.22. The Morgan fingerprint density at radius 1 is 1.57 bits per heavy atom. The summed E-state index contributed by atoms with van der Waals surface area (Å²) in [6, 6.07) is 3.53. The smallest absolute Gasteiger partial charge is 0.269 e. The summed E-state index contributed by atoms with van der Waals surface area (Å²) < 4.78 is 0. The molecule has 76 valence electrons. The van der Waals surface area contributed by atoms with E-state index in [9.17, 15) is 4.79 Å². The minimum atomic E-state index is -0.196. The summed E-state index contributed by atoms with van der Waals surface area (Å²) >= 11 is 0. The molecular weight excluding hydrogens is 180 g/mol. The van der Waals surface area contributed by atoms with Gasteiger partial charge in [0.2, 0.25) is 0 Å². The second kappa shape index (κ2) is 5.34. The molecule has 1 amide bonds. The molecule has 0 spiro atoms. The fourth-order valence-corrected chi connectivity index (χ4v) is 0.974. The summed E-state index contributed by atoms with van der Waals surface area (Å²) in [5.74, 6) is -0.196. The third kappa shape index (κ3) is 3.14. The number of aliphatic hydroxyl groups excluding tert-OH is 1. The van der Waals surface area contributed by atoms with Crippen molar-refractivity contribution in [2.24, 2.45) is 0 Å². The summed E-state index contributed by atoms with van der Waals surface area (Å²) in [5, 5.41) is 11.2. The summed E-state index contributed by atoms with van der Waals surface area (Å²) in [4.78, 5) is 15.4. The maximum atomic E-state index is 11.4. The summed E-state index contributed by atoms with van der Waals surface area (Å²) in [6.45, 7) is 2.48. The van der Waals surface area contributed by atoms with Crippen LogP contribution in [-0.4, -0.2) is 29.1 Å². The molecule has 4 heteroatoms. The molecule has 0 bridgehead atoms. The van der Waals surface area contributed by atoms with E-state index in [2.05, 4.69) is 10.3 Å². The molecular formula is C10H14N2O2. The molecule has 2 N–H and O–H groups in total. The molecule has 4 nitrogen and oxygen atoms in total. The number of aryl methyl sites for hydroxylation is 1. The van der Waals surface area contributed by atoms with Crippen LogP contribution < -0.4 is 5.32 Å². The van der Waals surface area contributed by atoms with Gasteiger partial charge in [0.25, 0.3) is 5.91 Å². The molecule has 14 heavy (non-hydrogen) atoms. The fourth-order valence-electron chi connectivity index (χ4n) is 0.974. The van der Waals surface area contributed by atoms with Crippen LogP contribution in [0.3, 0.4) is 0 Å². The molecule has 0 saturated carbocycles. The van der Waals surface area contributed by atoms with Gasteiger partial charge in [-0.15, -0.1) is 0 Å². The first-order valence-electron chi connectivity index (χ1n) is 4.56. The highest BCUT2D eigenvalue weighted by Crippen LogP contribution is 1.97. The molecule has 0 fully saturated rings. The molecule has 0 aromatic carbocycles. The Hall–Kier alpha value is -1.42. The molecule has 0 unspecified atom stereocenters. The Balaban J connectivity index is 2.48. The van der Waals surface area contributed by atoms with Crippen molar-refractivity contribution >= 4 is 5.91 Å². The summed E-state index contributed by atoms with van der Waals surface area (Å²) in [7, 11) is 0. The van der Waals surface area contributed by atoms with Gasteiger partial charge in [0.05, 0.1) is 0 Å². The predicted molar refractivity (Wildman–Crippen MR) is 53.0 cm³/mol. The average molecular weight is 194 g/mol. The van der Waals surface area contributed by atoms with Gasteiger partial charge < -0.3 is 10.4 Å². The van der Waals surface area contributed by atoms with Gasteiger partial charge >= 0.3 is 0 Å². The Morgan fingerprint density at radius 3 is 2.93 bits per heavy atom. The van der Waals surface area contributed by atoms with E-state index in [0.29, 0.717) is 18.7 Å². The van der Waals surface area contributed by atoms with Crippen molar-refractivity contribution < 1.29 is 9.90 Å². The maximum Gasteiger partial charge on any atom is 0.269 e. The van der Waals surface area contributed by atoms with E-state index in [4.69, 9.17) is 5.11 Å². The Bertz CT molecular complexity index is 295. The Labute approximate surface area is 83.0 Å². The van der Waals surface area contributed by atoms with Crippen LogP contribution in [0, 0.1) is 6.92 Å². The molecule has 1 aromatic rings. The van der Waals surface area contributed by atoms with E-state index in [1.807, 2.05) is 13.0 Å². The number of aromatic nitrogens is 1. The molecule has 1 heterocycles. The van der Waals surface area contributed by atoms with Crippen LogP contribution in [-0.2, 0) is 0 Å². The van der Waals surface area contributed by atoms with Crippen LogP contribution in [0.4, 0.5) is 0 Å². The number of rotatable bonds is 4. The largest absolute Gasteiger partial charge is 0.396 e. The van der Waals surface area contributed by atoms with Crippen molar-refractivity contribution in [2.45, 2.75) is 13.3 Å². The maximum absolute atomic E-state index is 11.4. The van der Waals surface area contributed by atoms with Crippen LogP contribution in [0.1, 0.15) is 22.5 Å². The molecule has 0 radical (unpaired) electrons. The van der Waals surface area contributed by atoms with Crippen LogP contribution in [0.5, 0.6) is 0 Å². The highest BCUT2D eigenvalue weighted by molar-refractivity contribution is 5.92. The van der Waals surface area contributed by atoms with Crippen LogP contribution >= 0.6 is 0 Å². The van der Waals surface area contributed by atoms with E-state index in [0.717, 1.165) is 5.56 Å². The standard InChI is InChI=1S/C10H14N2O2/c1-8-3-4-9(12-7-8)10(14)11-5-2-6-13/h3-4,7,13H,2,5-6H2,1H3,(H,11,14). The lowest BCUT2D eigenvalue weighted by atomic mass is 10.2. The van der Waals surface area contributed by atoms with Gasteiger partial charge in [-0.05, 0) is 25.0 Å². The minimum Gasteiger partial charge on any atom is -0.396 e. The number of hydrogen-bond donors (Lipinski definition) is 2. The molecule has 0 atom stereocenters. The third-order valence-electron chi connectivity index (χ3n) is 1.76. The second-order valence-electron chi connectivity index (χ2n) is 3.05. The highest BCUT2D eigenvalue weighted by Gasteiger charge is 2.04. The number of hydrogen-bond acceptors (Lipinski definition) is 3. The third-order valence-corrected chi connectivity index (χ3v) is 1.76. The van der Waals surface area contributed by atoms with Crippen molar-refractivity contribution in [2.75, 3.05) is 13.2 Å². The van der Waals surface area contributed by atoms with E-state index in [1.54, 1.807) is 12.3 Å². The minimum absolute atomic E-state index is 0.0849. The predicted octanol–water partition coefficient (Wildman–Crippen LogP) is 0.502. The number of nitrogens with one attached hydrogen (secondary N) is 1. The first-order valence-corrected chi connectivity index (χ1v) is 4.56. The van der Waals surface area contributed by atoms with Gasteiger partial charge in [0.1, 0.15) is 5.69 Å². The molecule has 0 aliphatic carbocycles. The number of nitrogens with zero attached hydrogens (tertiary/aromatic N) is 1. The molecule has 1 rings (SSSR count). The quantitative estimate of drug-likeness (QED) is 0.686. The number of amides is 1. The van der Waals surface area contributed by atoms with Crippen LogP contribution in [0.15, 0.2) is 18.3 Å². The Kier molecular flexibility index (Phi) is 4.07. The van der Waals surface area contributed by atoms with Gasteiger partial charge in [-0.2, -0.15) is 0 Å². The summed E-state index contributed by atoms with van der Waals surface area (Å²) in [5.41, 5.74) is 1.44. The molecule has 0 aliphatic rings. The first kappa shape index (κ1) is 10.7. The lowest BCUT2D eigenvalue weighted by Gasteiger charge is -2.02. The number of carbonyl (C=O) groups is 1. The van der Waals surface area contributed by atoms with Gasteiger partial charge in [-0.1, -0.05) is 6.07 Å². The number of pyridine rings is 1. The SMILES string of the molecule is Cc1ccc(C(=O)NCCCO)nc1. The van der Waals surface area contributed by atoms with E-state index in [1.165, 1.54) is 0 Å². The lowest BCUT2D eigenvalue weighted by molar-refractivity contribution is 0.0946. The van der Waals surface area contributed by atoms with Crippen molar-refractivity contribution in [3.05, 3.63) is 29.6 Å². The van der Waals surface area contributed by atoms with Gasteiger partial charge in [0.15, 0.2) is 0 Å². The van der Waals surface area contributed by atoms with Crippen LogP contribution in [0.2, 0.25) is 0 Å². The normalized spacial score (nSPS) is 9.86. The fraction of sp³-hybridized carbons (Fsp3) is 0.400. The van der Waals surface area contributed by atoms with Crippen molar-refractivity contribution in [1.29, 1.82) is 0 Å². The van der Waals surface area contributed by atoms with Gasteiger partial charge in [-0.25, -0.2) is 0 Å². The number of carbonyl (C=O) groups excluding carboxylic acids is 1. The zero-order valence-corrected chi connectivity index (χ0v) is 8.16. The van der Waals surface area contributed by atoms with Crippen molar-refractivity contribution in [3.8, 4) is 0 Å². The van der Waals surface area contributed by atoms with Crippen LogP contribution in [0.25, 0.3) is 0 Å². The average Bonchev–Trinajstić information content (AvgIpc) is 2.19. The zero-order valence-electron chi connectivity index (χ0n) is 8.16. The van der Waals surface area contributed by atoms with Gasteiger partial charge in [0, 0.05) is 19.3 Å². The van der Waals surface area contributed by atoms with E-state index < -0.39 is 0 Å². The van der Waals surface area contributed by atoms with E-state index >= 15 is 0 Å². The van der Waals surface area contributed by atoms with Crippen molar-refractivity contribution in [3.63, 3.8) is 0 Å².